The normalized spacial score (nSPS) is 14.3. The van der Waals surface area contributed by atoms with Crippen molar-refractivity contribution < 1.29 is 8.42 Å². The molecule has 5 heteroatoms. The summed E-state index contributed by atoms with van der Waals surface area (Å²) in [5.74, 6) is 0. The Morgan fingerprint density at radius 2 is 1.85 bits per heavy atom. The number of hydrogen-bond donors (Lipinski definition) is 1. The van der Waals surface area contributed by atoms with E-state index in [1.54, 1.807) is 13.8 Å². The van der Waals surface area contributed by atoms with Crippen molar-refractivity contribution in [1.29, 1.82) is 0 Å². The molecule has 0 aliphatic heterocycles. The van der Waals surface area contributed by atoms with Crippen molar-refractivity contribution >= 4 is 9.84 Å². The lowest BCUT2D eigenvalue weighted by Crippen LogP contribution is -2.42. The molecule has 114 valence electrons. The minimum Gasteiger partial charge on any atom is -0.309 e. The summed E-state index contributed by atoms with van der Waals surface area (Å²) in [4.78, 5) is 4.49. The van der Waals surface area contributed by atoms with E-state index in [4.69, 9.17) is 0 Å². The molecule has 0 saturated heterocycles. The highest BCUT2D eigenvalue weighted by molar-refractivity contribution is 7.92. The van der Waals surface area contributed by atoms with Crippen molar-refractivity contribution in [2.24, 2.45) is 0 Å². The molecule has 1 unspecified atom stereocenters. The first-order chi connectivity index (χ1) is 8.95. The van der Waals surface area contributed by atoms with Crippen LogP contribution in [0.2, 0.25) is 0 Å². The third-order valence-electron chi connectivity index (χ3n) is 3.85. The van der Waals surface area contributed by atoms with Gasteiger partial charge in [-0.15, -0.1) is 0 Å². The molecule has 1 heterocycles. The van der Waals surface area contributed by atoms with Crippen LogP contribution in [0.3, 0.4) is 0 Å². The van der Waals surface area contributed by atoms with Gasteiger partial charge in [-0.25, -0.2) is 8.42 Å². The largest absolute Gasteiger partial charge is 0.309 e. The minimum absolute atomic E-state index is 0.0733. The van der Waals surface area contributed by atoms with Gasteiger partial charge in [0, 0.05) is 30.2 Å². The summed E-state index contributed by atoms with van der Waals surface area (Å²) in [6.07, 6.45) is 1.28. The zero-order valence-corrected chi connectivity index (χ0v) is 14.4. The average Bonchev–Trinajstić information content (AvgIpc) is 2.23. The molecule has 0 saturated carbocycles. The molecular weight excluding hydrogens is 272 g/mol. The van der Waals surface area contributed by atoms with Gasteiger partial charge >= 0.3 is 0 Å². The molecule has 0 aromatic carbocycles. The van der Waals surface area contributed by atoms with Crippen LogP contribution in [0.4, 0.5) is 0 Å². The molecule has 20 heavy (non-hydrogen) atoms. The third kappa shape index (κ3) is 3.79. The van der Waals surface area contributed by atoms with Gasteiger partial charge in [0.2, 0.25) is 0 Å². The van der Waals surface area contributed by atoms with Gasteiger partial charge in [0.25, 0.3) is 0 Å². The van der Waals surface area contributed by atoms with Crippen molar-refractivity contribution in [3.8, 4) is 0 Å². The fraction of sp³-hybridized carbons (Fsp3) is 0.667. The van der Waals surface area contributed by atoms with Crippen LogP contribution in [-0.2, 0) is 9.84 Å². The van der Waals surface area contributed by atoms with Crippen LogP contribution in [0, 0.1) is 20.8 Å². The quantitative estimate of drug-likeness (QED) is 0.907. The molecule has 0 spiro atoms. The van der Waals surface area contributed by atoms with Crippen LogP contribution in [0.1, 0.15) is 49.3 Å². The van der Waals surface area contributed by atoms with E-state index < -0.39 is 14.6 Å². The van der Waals surface area contributed by atoms with Gasteiger partial charge in [0.1, 0.15) is 0 Å². The summed E-state index contributed by atoms with van der Waals surface area (Å²) in [7, 11) is -3.09. The Kier molecular flexibility index (Phi) is 4.98. The lowest BCUT2D eigenvalue weighted by atomic mass is 10.00. The first-order valence-corrected chi connectivity index (χ1v) is 8.72. The molecule has 0 radical (unpaired) electrons. The van der Waals surface area contributed by atoms with Gasteiger partial charge in [-0.2, -0.15) is 0 Å². The van der Waals surface area contributed by atoms with E-state index in [1.165, 1.54) is 11.8 Å². The third-order valence-corrected chi connectivity index (χ3v) is 6.01. The second kappa shape index (κ2) is 5.82. The minimum atomic E-state index is -3.09. The Bertz CT molecular complexity index is 569. The van der Waals surface area contributed by atoms with Gasteiger partial charge < -0.3 is 5.32 Å². The van der Waals surface area contributed by atoms with Crippen molar-refractivity contribution in [2.75, 3.05) is 12.8 Å². The standard InChI is InChI=1S/C15H26N2O2S/c1-10-8-11(2)17-13(4)14(10)12(3)16-9-15(5,6)20(7,18)19/h8,12,16H,9H2,1-7H3. The van der Waals surface area contributed by atoms with Crippen molar-refractivity contribution in [3.63, 3.8) is 0 Å². The van der Waals surface area contributed by atoms with Crippen LogP contribution in [0.15, 0.2) is 6.07 Å². The van der Waals surface area contributed by atoms with Gasteiger partial charge in [-0.1, -0.05) is 0 Å². The zero-order chi connectivity index (χ0) is 15.7. The SMILES string of the molecule is Cc1cc(C)c(C(C)NCC(C)(C)S(C)(=O)=O)c(C)n1. The molecule has 1 N–H and O–H groups in total. The number of pyridine rings is 1. The molecule has 1 atom stereocenters. The second-order valence-corrected chi connectivity index (χ2v) is 8.86. The van der Waals surface area contributed by atoms with Crippen molar-refractivity contribution in [3.05, 3.63) is 28.6 Å². The first kappa shape index (κ1) is 17.1. The van der Waals surface area contributed by atoms with E-state index in [2.05, 4.69) is 23.3 Å². The van der Waals surface area contributed by atoms with E-state index in [0.29, 0.717) is 6.54 Å². The van der Waals surface area contributed by atoms with Crippen LogP contribution in [0.5, 0.6) is 0 Å². The highest BCUT2D eigenvalue weighted by Crippen LogP contribution is 2.22. The number of sulfone groups is 1. The molecule has 1 aromatic heterocycles. The second-order valence-electron chi connectivity index (χ2n) is 6.21. The number of nitrogens with zero attached hydrogens (tertiary/aromatic N) is 1. The summed E-state index contributed by atoms with van der Waals surface area (Å²) in [5, 5.41) is 3.33. The summed E-state index contributed by atoms with van der Waals surface area (Å²) in [6.45, 7) is 12.0. The van der Waals surface area contributed by atoms with Gasteiger partial charge in [0.15, 0.2) is 9.84 Å². The summed E-state index contributed by atoms with van der Waals surface area (Å²) in [6, 6.07) is 2.13. The van der Waals surface area contributed by atoms with Crippen LogP contribution >= 0.6 is 0 Å². The van der Waals surface area contributed by atoms with Crippen LogP contribution in [-0.4, -0.2) is 30.9 Å². The van der Waals surface area contributed by atoms with Crippen LogP contribution < -0.4 is 5.32 Å². The highest BCUT2D eigenvalue weighted by Gasteiger charge is 2.30. The fourth-order valence-corrected chi connectivity index (χ4v) is 2.67. The Labute approximate surface area is 122 Å². The smallest absolute Gasteiger partial charge is 0.153 e. The predicted molar refractivity (Wildman–Crippen MR) is 83.8 cm³/mol. The fourth-order valence-electron chi connectivity index (χ4n) is 2.32. The summed E-state index contributed by atoms with van der Waals surface area (Å²) in [5.41, 5.74) is 4.35. The topological polar surface area (TPSA) is 59.1 Å². The zero-order valence-electron chi connectivity index (χ0n) is 13.5. The Hall–Kier alpha value is -0.940. The lowest BCUT2D eigenvalue weighted by molar-refractivity contribution is 0.486. The van der Waals surface area contributed by atoms with Crippen molar-refractivity contribution in [2.45, 2.75) is 52.3 Å². The maximum absolute atomic E-state index is 11.7. The maximum atomic E-state index is 11.7. The number of aromatic nitrogens is 1. The van der Waals surface area contributed by atoms with E-state index in [9.17, 15) is 8.42 Å². The molecule has 0 aliphatic carbocycles. The monoisotopic (exact) mass is 298 g/mol. The Morgan fingerprint density at radius 1 is 1.30 bits per heavy atom. The molecular formula is C15H26N2O2S. The van der Waals surface area contributed by atoms with E-state index >= 15 is 0 Å². The van der Waals surface area contributed by atoms with Crippen molar-refractivity contribution in [1.82, 2.24) is 10.3 Å². The number of nitrogens with one attached hydrogen (secondary N) is 1. The molecule has 1 rings (SSSR count). The Balaban J connectivity index is 2.91. The Morgan fingerprint density at radius 3 is 2.30 bits per heavy atom. The average molecular weight is 298 g/mol. The van der Waals surface area contributed by atoms with Gasteiger partial charge in [-0.05, 0) is 58.7 Å². The van der Waals surface area contributed by atoms with Gasteiger partial charge in [0.05, 0.1) is 4.75 Å². The number of aryl methyl sites for hydroxylation is 3. The predicted octanol–water partition coefficient (Wildman–Crippen LogP) is 2.48. The number of hydrogen-bond acceptors (Lipinski definition) is 4. The molecule has 1 aromatic rings. The maximum Gasteiger partial charge on any atom is 0.153 e. The van der Waals surface area contributed by atoms with Crippen LogP contribution in [0.25, 0.3) is 0 Å². The first-order valence-electron chi connectivity index (χ1n) is 6.83. The molecule has 0 aliphatic rings. The molecule has 4 nitrogen and oxygen atoms in total. The molecule has 0 amide bonds. The summed E-state index contributed by atoms with van der Waals surface area (Å²) >= 11 is 0. The lowest BCUT2D eigenvalue weighted by Gasteiger charge is -2.26. The number of rotatable bonds is 5. The van der Waals surface area contributed by atoms with E-state index in [-0.39, 0.29) is 6.04 Å². The highest BCUT2D eigenvalue weighted by atomic mass is 32.2. The van der Waals surface area contributed by atoms with E-state index in [1.807, 2.05) is 20.8 Å². The summed E-state index contributed by atoms with van der Waals surface area (Å²) < 4.78 is 22.7. The van der Waals surface area contributed by atoms with Gasteiger partial charge in [-0.3, -0.25) is 4.98 Å². The van der Waals surface area contributed by atoms with E-state index in [0.717, 1.165) is 17.0 Å². The molecule has 0 fully saturated rings. The molecule has 0 bridgehead atoms.